The SMILES string of the molecule is CCC(N)Cc1ccccc1OC(C)C#N. The van der Waals surface area contributed by atoms with Crippen LogP contribution in [0.3, 0.4) is 0 Å². The first-order valence-corrected chi connectivity index (χ1v) is 5.57. The highest BCUT2D eigenvalue weighted by Gasteiger charge is 2.09. The number of rotatable bonds is 5. The zero-order valence-corrected chi connectivity index (χ0v) is 9.81. The van der Waals surface area contributed by atoms with Gasteiger partial charge in [0.05, 0.1) is 0 Å². The van der Waals surface area contributed by atoms with E-state index in [1.54, 1.807) is 6.92 Å². The van der Waals surface area contributed by atoms with Gasteiger partial charge in [0.25, 0.3) is 0 Å². The highest BCUT2D eigenvalue weighted by Crippen LogP contribution is 2.20. The van der Waals surface area contributed by atoms with Crippen LogP contribution >= 0.6 is 0 Å². The molecule has 0 fully saturated rings. The number of ether oxygens (including phenoxy) is 1. The van der Waals surface area contributed by atoms with E-state index in [1.165, 1.54) is 0 Å². The standard InChI is InChI=1S/C13H18N2O/c1-3-12(15)8-11-6-4-5-7-13(11)16-10(2)9-14/h4-7,10,12H,3,8,15H2,1-2H3. The molecule has 2 N–H and O–H groups in total. The van der Waals surface area contributed by atoms with Gasteiger partial charge in [-0.05, 0) is 31.4 Å². The lowest BCUT2D eigenvalue weighted by Gasteiger charge is -2.15. The number of nitrogens with two attached hydrogens (primary N) is 1. The van der Waals surface area contributed by atoms with Crippen molar-refractivity contribution in [3.63, 3.8) is 0 Å². The third kappa shape index (κ3) is 3.56. The number of para-hydroxylation sites is 1. The Morgan fingerprint density at radius 3 is 2.75 bits per heavy atom. The Morgan fingerprint density at radius 2 is 2.12 bits per heavy atom. The van der Waals surface area contributed by atoms with Crippen molar-refractivity contribution in [2.24, 2.45) is 5.73 Å². The van der Waals surface area contributed by atoms with Crippen molar-refractivity contribution in [3.05, 3.63) is 29.8 Å². The molecule has 3 heteroatoms. The molecule has 0 bridgehead atoms. The molecular formula is C13H18N2O. The Bertz CT molecular complexity index is 370. The topological polar surface area (TPSA) is 59.0 Å². The molecule has 2 atom stereocenters. The first kappa shape index (κ1) is 12.5. The van der Waals surface area contributed by atoms with Crippen LogP contribution in [0.25, 0.3) is 0 Å². The minimum atomic E-state index is -0.431. The molecule has 0 aliphatic heterocycles. The molecule has 0 aliphatic carbocycles. The molecule has 16 heavy (non-hydrogen) atoms. The quantitative estimate of drug-likeness (QED) is 0.824. The van der Waals surface area contributed by atoms with E-state index in [4.69, 9.17) is 15.7 Å². The number of benzene rings is 1. The summed E-state index contributed by atoms with van der Waals surface area (Å²) in [6, 6.07) is 9.93. The molecule has 0 spiro atoms. The average molecular weight is 218 g/mol. The van der Waals surface area contributed by atoms with E-state index in [-0.39, 0.29) is 6.04 Å². The molecule has 86 valence electrons. The fourth-order valence-corrected chi connectivity index (χ4v) is 1.43. The number of nitriles is 1. The van der Waals surface area contributed by atoms with Crippen molar-refractivity contribution in [3.8, 4) is 11.8 Å². The van der Waals surface area contributed by atoms with Gasteiger partial charge in [0.1, 0.15) is 11.8 Å². The second-order valence-corrected chi connectivity index (χ2v) is 3.87. The van der Waals surface area contributed by atoms with Gasteiger partial charge in [0.2, 0.25) is 0 Å². The summed E-state index contributed by atoms with van der Waals surface area (Å²) in [5, 5.41) is 8.72. The average Bonchev–Trinajstić information content (AvgIpc) is 2.31. The summed E-state index contributed by atoms with van der Waals surface area (Å²) in [4.78, 5) is 0. The highest BCUT2D eigenvalue weighted by molar-refractivity contribution is 5.34. The van der Waals surface area contributed by atoms with Crippen LogP contribution in [0.5, 0.6) is 5.75 Å². The van der Waals surface area contributed by atoms with Crippen molar-refractivity contribution in [1.82, 2.24) is 0 Å². The fourth-order valence-electron chi connectivity index (χ4n) is 1.43. The van der Waals surface area contributed by atoms with E-state index in [0.717, 1.165) is 24.2 Å². The van der Waals surface area contributed by atoms with Gasteiger partial charge in [-0.15, -0.1) is 0 Å². The summed E-state index contributed by atoms with van der Waals surface area (Å²) in [5.74, 6) is 0.764. The van der Waals surface area contributed by atoms with Crippen LogP contribution in [0.15, 0.2) is 24.3 Å². The summed E-state index contributed by atoms with van der Waals surface area (Å²) in [6.07, 6.45) is 1.28. The molecule has 1 rings (SSSR count). The summed E-state index contributed by atoms with van der Waals surface area (Å²) < 4.78 is 5.52. The maximum absolute atomic E-state index is 8.72. The smallest absolute Gasteiger partial charge is 0.181 e. The Labute approximate surface area is 96.8 Å². The Hall–Kier alpha value is -1.53. The number of nitrogens with zero attached hydrogens (tertiary/aromatic N) is 1. The predicted octanol–water partition coefficient (Wildman–Crippen LogP) is 2.26. The van der Waals surface area contributed by atoms with Crippen molar-refractivity contribution in [2.75, 3.05) is 0 Å². The maximum atomic E-state index is 8.72. The molecule has 0 amide bonds. The monoisotopic (exact) mass is 218 g/mol. The normalized spacial score (nSPS) is 13.9. The van der Waals surface area contributed by atoms with E-state index in [0.29, 0.717) is 0 Å². The molecule has 1 aromatic carbocycles. The summed E-state index contributed by atoms with van der Waals surface area (Å²) >= 11 is 0. The van der Waals surface area contributed by atoms with Gasteiger partial charge in [-0.25, -0.2) is 0 Å². The molecule has 0 saturated heterocycles. The van der Waals surface area contributed by atoms with Crippen molar-refractivity contribution < 1.29 is 4.74 Å². The lowest BCUT2D eigenvalue weighted by atomic mass is 10.0. The van der Waals surface area contributed by atoms with Gasteiger partial charge in [0.15, 0.2) is 6.10 Å². The van der Waals surface area contributed by atoms with Gasteiger partial charge in [-0.3, -0.25) is 0 Å². The zero-order valence-electron chi connectivity index (χ0n) is 9.81. The van der Waals surface area contributed by atoms with Crippen LogP contribution in [0, 0.1) is 11.3 Å². The molecule has 1 aromatic rings. The van der Waals surface area contributed by atoms with E-state index in [9.17, 15) is 0 Å². The summed E-state index contributed by atoms with van der Waals surface area (Å²) in [6.45, 7) is 3.79. The van der Waals surface area contributed by atoms with Gasteiger partial charge in [-0.2, -0.15) is 5.26 Å². The second-order valence-electron chi connectivity index (χ2n) is 3.87. The van der Waals surface area contributed by atoms with E-state index in [2.05, 4.69) is 13.0 Å². The Morgan fingerprint density at radius 1 is 1.44 bits per heavy atom. The van der Waals surface area contributed by atoms with Crippen LogP contribution < -0.4 is 10.5 Å². The van der Waals surface area contributed by atoms with Gasteiger partial charge in [-0.1, -0.05) is 25.1 Å². The van der Waals surface area contributed by atoms with E-state index >= 15 is 0 Å². The van der Waals surface area contributed by atoms with Gasteiger partial charge in [0, 0.05) is 6.04 Å². The van der Waals surface area contributed by atoms with Crippen molar-refractivity contribution in [1.29, 1.82) is 5.26 Å². The Balaban J connectivity index is 2.80. The third-order valence-electron chi connectivity index (χ3n) is 2.46. The van der Waals surface area contributed by atoms with E-state index in [1.807, 2.05) is 24.3 Å². The van der Waals surface area contributed by atoms with Crippen molar-refractivity contribution in [2.45, 2.75) is 38.8 Å². The molecule has 2 unspecified atom stereocenters. The first-order valence-electron chi connectivity index (χ1n) is 5.57. The van der Waals surface area contributed by atoms with Crippen LogP contribution in [-0.2, 0) is 6.42 Å². The molecule has 3 nitrogen and oxygen atoms in total. The molecular weight excluding hydrogens is 200 g/mol. The third-order valence-corrected chi connectivity index (χ3v) is 2.46. The highest BCUT2D eigenvalue weighted by atomic mass is 16.5. The van der Waals surface area contributed by atoms with Crippen molar-refractivity contribution >= 4 is 0 Å². The minimum Gasteiger partial charge on any atom is -0.476 e. The van der Waals surface area contributed by atoms with Crippen LogP contribution in [-0.4, -0.2) is 12.1 Å². The number of hydrogen-bond acceptors (Lipinski definition) is 3. The molecule has 0 heterocycles. The fraction of sp³-hybridized carbons (Fsp3) is 0.462. The van der Waals surface area contributed by atoms with E-state index < -0.39 is 6.10 Å². The van der Waals surface area contributed by atoms with Crippen LogP contribution in [0.2, 0.25) is 0 Å². The molecule has 0 aliphatic rings. The van der Waals surface area contributed by atoms with Crippen LogP contribution in [0.4, 0.5) is 0 Å². The maximum Gasteiger partial charge on any atom is 0.181 e. The molecule has 0 radical (unpaired) electrons. The molecule has 0 aromatic heterocycles. The lowest BCUT2D eigenvalue weighted by molar-refractivity contribution is 0.273. The second kappa shape index (κ2) is 6.14. The van der Waals surface area contributed by atoms with Crippen LogP contribution in [0.1, 0.15) is 25.8 Å². The molecule has 0 saturated carbocycles. The lowest BCUT2D eigenvalue weighted by Crippen LogP contribution is -2.22. The van der Waals surface area contributed by atoms with Gasteiger partial charge >= 0.3 is 0 Å². The predicted molar refractivity (Wildman–Crippen MR) is 64.1 cm³/mol. The zero-order chi connectivity index (χ0) is 12.0. The first-order chi connectivity index (χ1) is 7.67. The Kier molecular flexibility index (Phi) is 4.81. The minimum absolute atomic E-state index is 0.141. The number of hydrogen-bond donors (Lipinski definition) is 1. The largest absolute Gasteiger partial charge is 0.476 e. The summed E-state index contributed by atoms with van der Waals surface area (Å²) in [7, 11) is 0. The summed E-state index contributed by atoms with van der Waals surface area (Å²) in [5.41, 5.74) is 6.99. The van der Waals surface area contributed by atoms with Gasteiger partial charge < -0.3 is 10.5 Å².